The van der Waals surface area contributed by atoms with Crippen molar-refractivity contribution in [3.63, 3.8) is 0 Å². The lowest BCUT2D eigenvalue weighted by atomic mass is 9.77. The Morgan fingerprint density at radius 2 is 1.83 bits per heavy atom. The van der Waals surface area contributed by atoms with Crippen LogP contribution >= 0.6 is 0 Å². The van der Waals surface area contributed by atoms with Gasteiger partial charge in [0.2, 0.25) is 0 Å². The van der Waals surface area contributed by atoms with Gasteiger partial charge in [0.05, 0.1) is 25.0 Å². The summed E-state index contributed by atoms with van der Waals surface area (Å²) in [6.07, 6.45) is 11.0. The number of hydrogen-bond acceptors (Lipinski definition) is 5. The molecule has 2 atom stereocenters. The van der Waals surface area contributed by atoms with Crippen LogP contribution in [0.4, 0.5) is 4.39 Å². The molecule has 6 heteroatoms. The number of Topliss-reactive ketones (excluding diaryl/α,β-unsaturated/α-hetero) is 1. The largest absolute Gasteiger partial charge is 0.493 e. The standard InChI is InChI=1S/C35H48FNO4/c1-5-19-41-32-22-28(21-31(40-7-3)34(32)29-10-12-30(36)13-11-29)23-37-18-15-27(24-39-25-37)20-26-9-8-16-35(4,17-14-26)33(38)6-2/h10-13,21-22,24,26H,5-9,14-20,23,25H2,1-4H3. The zero-order valence-corrected chi connectivity index (χ0v) is 25.5. The number of carbonyl (C=O) groups is 1. The second-order valence-corrected chi connectivity index (χ2v) is 12.0. The Balaban J connectivity index is 1.42. The number of carbonyl (C=O) groups excluding carboxylic acids is 1. The predicted molar refractivity (Wildman–Crippen MR) is 162 cm³/mol. The van der Waals surface area contributed by atoms with Gasteiger partial charge < -0.3 is 14.2 Å². The first kappa shape index (κ1) is 31.1. The summed E-state index contributed by atoms with van der Waals surface area (Å²) in [5, 5.41) is 0. The summed E-state index contributed by atoms with van der Waals surface area (Å²) in [6, 6.07) is 10.7. The van der Waals surface area contributed by atoms with Crippen LogP contribution in [0, 0.1) is 17.2 Å². The SMILES string of the molecule is CCCOc1cc(CN2CCC(CC3CCCC(C)(C(=O)CC)CC3)=COC2)cc(OCC)c1-c1ccc(F)cc1. The highest BCUT2D eigenvalue weighted by atomic mass is 19.1. The van der Waals surface area contributed by atoms with E-state index in [1.54, 1.807) is 12.1 Å². The van der Waals surface area contributed by atoms with E-state index in [-0.39, 0.29) is 11.2 Å². The normalized spacial score (nSPS) is 21.8. The van der Waals surface area contributed by atoms with Crippen molar-refractivity contribution in [3.8, 4) is 22.6 Å². The minimum atomic E-state index is -0.266. The minimum absolute atomic E-state index is 0.138. The minimum Gasteiger partial charge on any atom is -0.493 e. The predicted octanol–water partition coefficient (Wildman–Crippen LogP) is 8.70. The maximum Gasteiger partial charge on any atom is 0.141 e. The smallest absolute Gasteiger partial charge is 0.141 e. The number of ether oxygens (including phenoxy) is 3. The number of benzene rings is 2. The molecule has 0 amide bonds. The summed E-state index contributed by atoms with van der Waals surface area (Å²) in [6.45, 7) is 11.5. The zero-order valence-electron chi connectivity index (χ0n) is 25.5. The van der Waals surface area contributed by atoms with Crippen LogP contribution in [-0.2, 0) is 16.1 Å². The summed E-state index contributed by atoms with van der Waals surface area (Å²) in [4.78, 5) is 14.9. The molecule has 224 valence electrons. The highest BCUT2D eigenvalue weighted by Crippen LogP contribution is 2.42. The highest BCUT2D eigenvalue weighted by molar-refractivity contribution is 5.84. The van der Waals surface area contributed by atoms with Crippen molar-refractivity contribution in [2.24, 2.45) is 11.3 Å². The van der Waals surface area contributed by atoms with Crippen molar-refractivity contribution >= 4 is 5.78 Å². The molecule has 2 aromatic carbocycles. The molecule has 2 aromatic rings. The summed E-state index contributed by atoms with van der Waals surface area (Å²) in [5.41, 5.74) is 4.07. The Kier molecular flexibility index (Phi) is 11.3. The maximum atomic E-state index is 13.7. The van der Waals surface area contributed by atoms with Crippen molar-refractivity contribution in [2.45, 2.75) is 92.0 Å². The molecular weight excluding hydrogens is 517 g/mol. The molecule has 0 radical (unpaired) electrons. The van der Waals surface area contributed by atoms with E-state index in [2.05, 4.69) is 30.9 Å². The van der Waals surface area contributed by atoms with Gasteiger partial charge in [0.25, 0.3) is 0 Å². The quantitative estimate of drug-likeness (QED) is 0.241. The summed E-state index contributed by atoms with van der Waals surface area (Å²) in [5.74, 6) is 2.29. The van der Waals surface area contributed by atoms with Gasteiger partial charge in [-0.1, -0.05) is 45.7 Å². The zero-order chi connectivity index (χ0) is 29.2. The van der Waals surface area contributed by atoms with Gasteiger partial charge in [0.1, 0.15) is 29.8 Å². The average Bonchev–Trinajstić information content (AvgIpc) is 3.30. The molecule has 2 unspecified atom stereocenters. The maximum absolute atomic E-state index is 13.7. The van der Waals surface area contributed by atoms with Gasteiger partial charge in [-0.25, -0.2) is 4.39 Å². The first-order chi connectivity index (χ1) is 19.8. The van der Waals surface area contributed by atoms with Gasteiger partial charge in [-0.15, -0.1) is 0 Å². The molecule has 1 fully saturated rings. The highest BCUT2D eigenvalue weighted by Gasteiger charge is 2.34. The molecule has 0 spiro atoms. The van der Waals surface area contributed by atoms with Gasteiger partial charge in [-0.2, -0.15) is 0 Å². The van der Waals surface area contributed by atoms with E-state index in [1.165, 1.54) is 24.1 Å². The monoisotopic (exact) mass is 565 g/mol. The lowest BCUT2D eigenvalue weighted by Crippen LogP contribution is -2.26. The fourth-order valence-corrected chi connectivity index (χ4v) is 6.30. The van der Waals surface area contributed by atoms with Crippen LogP contribution in [-0.4, -0.2) is 37.2 Å². The second-order valence-electron chi connectivity index (χ2n) is 12.0. The molecule has 0 bridgehead atoms. The van der Waals surface area contributed by atoms with Crippen LogP contribution in [0.1, 0.15) is 91.0 Å². The molecule has 4 rings (SSSR count). The van der Waals surface area contributed by atoms with Gasteiger partial charge in [0.15, 0.2) is 0 Å². The lowest BCUT2D eigenvalue weighted by molar-refractivity contribution is -0.128. The number of hydrogen-bond donors (Lipinski definition) is 0. The molecule has 0 N–H and O–H groups in total. The molecule has 1 saturated carbocycles. The third-order valence-corrected chi connectivity index (χ3v) is 8.67. The third kappa shape index (κ3) is 8.34. The number of halogens is 1. The van der Waals surface area contributed by atoms with Crippen molar-refractivity contribution in [1.82, 2.24) is 4.90 Å². The van der Waals surface area contributed by atoms with Gasteiger partial charge in [0, 0.05) is 24.9 Å². The van der Waals surface area contributed by atoms with E-state index in [0.29, 0.717) is 44.6 Å². The van der Waals surface area contributed by atoms with E-state index in [9.17, 15) is 9.18 Å². The van der Waals surface area contributed by atoms with Gasteiger partial charge >= 0.3 is 0 Å². The summed E-state index contributed by atoms with van der Waals surface area (Å²) >= 11 is 0. The van der Waals surface area contributed by atoms with E-state index < -0.39 is 0 Å². The van der Waals surface area contributed by atoms with Crippen molar-refractivity contribution in [2.75, 3.05) is 26.5 Å². The number of nitrogens with zero attached hydrogens (tertiary/aromatic N) is 1. The number of rotatable bonds is 12. The molecule has 1 aliphatic carbocycles. The van der Waals surface area contributed by atoms with Gasteiger partial charge in [-0.3, -0.25) is 9.69 Å². The first-order valence-electron chi connectivity index (χ1n) is 15.6. The fourth-order valence-electron chi connectivity index (χ4n) is 6.30. The van der Waals surface area contributed by atoms with Crippen molar-refractivity contribution < 1.29 is 23.4 Å². The molecule has 0 saturated heterocycles. The van der Waals surface area contributed by atoms with Crippen molar-refractivity contribution in [1.29, 1.82) is 0 Å². The number of ketones is 1. The Labute approximate surface area is 246 Å². The molecule has 1 aliphatic heterocycles. The summed E-state index contributed by atoms with van der Waals surface area (Å²) in [7, 11) is 0. The Hall–Kier alpha value is -2.86. The first-order valence-corrected chi connectivity index (χ1v) is 15.6. The fraction of sp³-hybridized carbons (Fsp3) is 0.571. The molecule has 41 heavy (non-hydrogen) atoms. The van der Waals surface area contributed by atoms with Crippen LogP contribution in [0.15, 0.2) is 48.2 Å². The molecule has 1 heterocycles. The van der Waals surface area contributed by atoms with E-state index >= 15 is 0 Å². The van der Waals surface area contributed by atoms with Crippen LogP contribution in [0.2, 0.25) is 0 Å². The lowest BCUT2D eigenvalue weighted by Gasteiger charge is -2.26. The average molecular weight is 566 g/mol. The molecule has 5 nitrogen and oxygen atoms in total. The Bertz CT molecular complexity index is 1180. The molecular formula is C35H48FNO4. The Morgan fingerprint density at radius 3 is 2.54 bits per heavy atom. The topological polar surface area (TPSA) is 48.0 Å². The third-order valence-electron chi connectivity index (χ3n) is 8.67. The van der Waals surface area contributed by atoms with E-state index in [1.807, 2.05) is 20.1 Å². The van der Waals surface area contributed by atoms with E-state index in [4.69, 9.17) is 14.2 Å². The van der Waals surface area contributed by atoms with E-state index in [0.717, 1.165) is 79.7 Å². The van der Waals surface area contributed by atoms with Crippen molar-refractivity contribution in [3.05, 3.63) is 59.6 Å². The van der Waals surface area contributed by atoms with Crippen LogP contribution < -0.4 is 9.47 Å². The van der Waals surface area contributed by atoms with Gasteiger partial charge in [-0.05, 0) is 92.3 Å². The Morgan fingerprint density at radius 1 is 1.07 bits per heavy atom. The summed E-state index contributed by atoms with van der Waals surface area (Å²) < 4.78 is 32.0. The molecule has 2 aliphatic rings. The molecule has 0 aromatic heterocycles. The van der Waals surface area contributed by atoms with Crippen LogP contribution in [0.3, 0.4) is 0 Å². The van der Waals surface area contributed by atoms with Crippen LogP contribution in [0.5, 0.6) is 11.5 Å². The second kappa shape index (κ2) is 14.9. The van der Waals surface area contributed by atoms with Crippen LogP contribution in [0.25, 0.3) is 11.1 Å².